The van der Waals surface area contributed by atoms with Gasteiger partial charge in [0.15, 0.2) is 0 Å². The SMILES string of the molecule is Cc1cncc(-c2ncnc(Cl)c2C)c1. The van der Waals surface area contributed by atoms with Gasteiger partial charge in [0.2, 0.25) is 0 Å². The topological polar surface area (TPSA) is 38.7 Å². The van der Waals surface area contributed by atoms with Crippen molar-refractivity contribution >= 4 is 11.6 Å². The van der Waals surface area contributed by atoms with E-state index in [1.54, 1.807) is 6.20 Å². The summed E-state index contributed by atoms with van der Waals surface area (Å²) in [6, 6.07) is 2.03. The molecule has 0 amide bonds. The minimum absolute atomic E-state index is 0.488. The standard InChI is InChI=1S/C11H10ClN3/c1-7-3-9(5-13-4-7)10-8(2)11(12)15-6-14-10/h3-6H,1-2H3. The van der Waals surface area contributed by atoms with Gasteiger partial charge in [-0.25, -0.2) is 9.97 Å². The fraction of sp³-hybridized carbons (Fsp3) is 0.182. The average molecular weight is 220 g/mol. The molecule has 0 N–H and O–H groups in total. The molecule has 0 saturated heterocycles. The molecule has 76 valence electrons. The molecule has 0 fully saturated rings. The summed E-state index contributed by atoms with van der Waals surface area (Å²) in [5, 5.41) is 0.488. The van der Waals surface area contributed by atoms with Gasteiger partial charge in [0.25, 0.3) is 0 Å². The summed E-state index contributed by atoms with van der Waals surface area (Å²) in [6.07, 6.45) is 5.05. The zero-order chi connectivity index (χ0) is 10.8. The molecule has 15 heavy (non-hydrogen) atoms. The fourth-order valence-corrected chi connectivity index (χ4v) is 1.54. The molecule has 4 heteroatoms. The van der Waals surface area contributed by atoms with E-state index in [0.29, 0.717) is 5.15 Å². The highest BCUT2D eigenvalue weighted by Crippen LogP contribution is 2.24. The molecular weight excluding hydrogens is 210 g/mol. The summed E-state index contributed by atoms with van der Waals surface area (Å²) >= 11 is 5.93. The van der Waals surface area contributed by atoms with E-state index in [9.17, 15) is 0 Å². The number of nitrogens with zero attached hydrogens (tertiary/aromatic N) is 3. The van der Waals surface area contributed by atoms with E-state index in [4.69, 9.17) is 11.6 Å². The Bertz CT molecular complexity index is 497. The van der Waals surface area contributed by atoms with E-state index in [-0.39, 0.29) is 0 Å². The van der Waals surface area contributed by atoms with Crippen molar-refractivity contribution in [3.8, 4) is 11.3 Å². The predicted octanol–water partition coefficient (Wildman–Crippen LogP) is 2.81. The van der Waals surface area contributed by atoms with E-state index < -0.39 is 0 Å². The van der Waals surface area contributed by atoms with Gasteiger partial charge in [-0.1, -0.05) is 11.6 Å². The number of aromatic nitrogens is 3. The normalized spacial score (nSPS) is 10.3. The molecule has 0 saturated carbocycles. The summed E-state index contributed by atoms with van der Waals surface area (Å²) in [5.41, 5.74) is 3.79. The average Bonchev–Trinajstić information content (AvgIpc) is 2.22. The molecule has 0 bridgehead atoms. The molecule has 0 atom stereocenters. The lowest BCUT2D eigenvalue weighted by Gasteiger charge is -2.05. The first-order chi connectivity index (χ1) is 7.18. The van der Waals surface area contributed by atoms with Crippen LogP contribution in [-0.4, -0.2) is 15.0 Å². The third kappa shape index (κ3) is 1.97. The van der Waals surface area contributed by atoms with Crippen LogP contribution < -0.4 is 0 Å². The van der Waals surface area contributed by atoms with Crippen molar-refractivity contribution in [2.75, 3.05) is 0 Å². The van der Waals surface area contributed by atoms with Crippen LogP contribution in [0, 0.1) is 13.8 Å². The Morgan fingerprint density at radius 2 is 1.93 bits per heavy atom. The van der Waals surface area contributed by atoms with Gasteiger partial charge in [-0.05, 0) is 25.5 Å². The van der Waals surface area contributed by atoms with Crippen molar-refractivity contribution < 1.29 is 0 Å². The Labute approximate surface area is 93.2 Å². The highest BCUT2D eigenvalue weighted by atomic mass is 35.5. The van der Waals surface area contributed by atoms with Crippen molar-refractivity contribution in [1.29, 1.82) is 0 Å². The molecule has 0 aromatic carbocycles. The molecule has 2 heterocycles. The zero-order valence-electron chi connectivity index (χ0n) is 8.53. The van der Waals surface area contributed by atoms with Crippen molar-refractivity contribution in [3.05, 3.63) is 41.1 Å². The first-order valence-corrected chi connectivity index (χ1v) is 4.95. The van der Waals surface area contributed by atoms with Gasteiger partial charge < -0.3 is 0 Å². The van der Waals surface area contributed by atoms with Crippen LogP contribution in [0.4, 0.5) is 0 Å². The third-order valence-corrected chi connectivity index (χ3v) is 2.55. The number of pyridine rings is 1. The second-order valence-electron chi connectivity index (χ2n) is 3.39. The summed E-state index contributed by atoms with van der Waals surface area (Å²) < 4.78 is 0. The van der Waals surface area contributed by atoms with Crippen LogP contribution >= 0.6 is 11.6 Å². The van der Waals surface area contributed by atoms with Crippen molar-refractivity contribution in [2.24, 2.45) is 0 Å². The molecule has 2 aromatic rings. The van der Waals surface area contributed by atoms with E-state index in [1.807, 2.05) is 26.1 Å². The Balaban J connectivity index is 2.59. The summed E-state index contributed by atoms with van der Waals surface area (Å²) in [5.74, 6) is 0. The maximum atomic E-state index is 5.93. The second kappa shape index (κ2) is 3.95. The minimum Gasteiger partial charge on any atom is -0.264 e. The van der Waals surface area contributed by atoms with Crippen molar-refractivity contribution in [1.82, 2.24) is 15.0 Å². The first kappa shape index (κ1) is 10.1. The lowest BCUT2D eigenvalue weighted by atomic mass is 10.1. The molecular formula is C11H10ClN3. The van der Waals surface area contributed by atoms with Gasteiger partial charge in [-0.15, -0.1) is 0 Å². The van der Waals surface area contributed by atoms with Gasteiger partial charge >= 0.3 is 0 Å². The summed E-state index contributed by atoms with van der Waals surface area (Å²) in [4.78, 5) is 12.3. The first-order valence-electron chi connectivity index (χ1n) is 4.57. The zero-order valence-corrected chi connectivity index (χ0v) is 9.28. The number of aryl methyl sites for hydroxylation is 1. The lowest BCUT2D eigenvalue weighted by molar-refractivity contribution is 1.13. The third-order valence-electron chi connectivity index (χ3n) is 2.17. The number of hydrogen-bond donors (Lipinski definition) is 0. The Morgan fingerprint density at radius 1 is 1.13 bits per heavy atom. The number of hydrogen-bond acceptors (Lipinski definition) is 3. The Morgan fingerprint density at radius 3 is 2.67 bits per heavy atom. The molecule has 0 aliphatic carbocycles. The molecule has 0 spiro atoms. The highest BCUT2D eigenvalue weighted by Gasteiger charge is 2.07. The van der Waals surface area contributed by atoms with Gasteiger partial charge in [0.1, 0.15) is 11.5 Å². The molecule has 0 aliphatic heterocycles. The van der Waals surface area contributed by atoms with Crippen LogP contribution in [0.25, 0.3) is 11.3 Å². The van der Waals surface area contributed by atoms with Crippen LogP contribution in [0.3, 0.4) is 0 Å². The monoisotopic (exact) mass is 219 g/mol. The van der Waals surface area contributed by atoms with Gasteiger partial charge in [-0.3, -0.25) is 4.98 Å². The quantitative estimate of drug-likeness (QED) is 0.693. The van der Waals surface area contributed by atoms with Gasteiger partial charge in [-0.2, -0.15) is 0 Å². The van der Waals surface area contributed by atoms with Crippen LogP contribution in [0.2, 0.25) is 5.15 Å². The van der Waals surface area contributed by atoms with Crippen LogP contribution in [0.5, 0.6) is 0 Å². The lowest BCUT2D eigenvalue weighted by Crippen LogP contribution is -1.92. The number of rotatable bonds is 1. The largest absolute Gasteiger partial charge is 0.264 e. The van der Waals surface area contributed by atoms with E-state index in [1.165, 1.54) is 6.33 Å². The molecule has 0 aliphatic rings. The molecule has 3 nitrogen and oxygen atoms in total. The molecule has 2 aromatic heterocycles. The second-order valence-corrected chi connectivity index (χ2v) is 3.75. The van der Waals surface area contributed by atoms with E-state index >= 15 is 0 Å². The van der Waals surface area contributed by atoms with Gasteiger partial charge in [0.05, 0.1) is 5.69 Å². The molecule has 0 radical (unpaired) electrons. The van der Waals surface area contributed by atoms with Crippen molar-refractivity contribution in [3.63, 3.8) is 0 Å². The number of halogens is 1. The van der Waals surface area contributed by atoms with Crippen LogP contribution in [0.15, 0.2) is 24.8 Å². The maximum Gasteiger partial charge on any atom is 0.135 e. The maximum absolute atomic E-state index is 5.93. The minimum atomic E-state index is 0.488. The smallest absolute Gasteiger partial charge is 0.135 e. The summed E-state index contributed by atoms with van der Waals surface area (Å²) in [6.45, 7) is 3.90. The molecule has 0 unspecified atom stereocenters. The van der Waals surface area contributed by atoms with E-state index in [2.05, 4.69) is 15.0 Å². The van der Waals surface area contributed by atoms with E-state index in [0.717, 1.165) is 22.4 Å². The molecule has 2 rings (SSSR count). The Kier molecular flexibility index (Phi) is 2.64. The van der Waals surface area contributed by atoms with Crippen LogP contribution in [0.1, 0.15) is 11.1 Å². The predicted molar refractivity (Wildman–Crippen MR) is 59.7 cm³/mol. The summed E-state index contributed by atoms with van der Waals surface area (Å²) in [7, 11) is 0. The fourth-order valence-electron chi connectivity index (χ4n) is 1.40. The van der Waals surface area contributed by atoms with Gasteiger partial charge in [0, 0.05) is 23.5 Å². The highest BCUT2D eigenvalue weighted by molar-refractivity contribution is 6.30. The van der Waals surface area contributed by atoms with Crippen molar-refractivity contribution in [2.45, 2.75) is 13.8 Å². The van der Waals surface area contributed by atoms with Crippen LogP contribution in [-0.2, 0) is 0 Å². The Hall–Kier alpha value is -1.48.